The molecule has 2 fully saturated rings. The molecular weight excluding hydrogens is 321 g/mol. The molecule has 0 aromatic heterocycles. The number of anilines is 1. The lowest BCUT2D eigenvalue weighted by atomic mass is 10.00. The molecule has 0 bridgehead atoms. The van der Waals surface area contributed by atoms with Crippen LogP contribution >= 0.6 is 0 Å². The zero-order chi connectivity index (χ0) is 17.8. The lowest BCUT2D eigenvalue weighted by Gasteiger charge is -2.34. The molecule has 0 unspecified atom stereocenters. The fourth-order valence-corrected chi connectivity index (χ4v) is 3.73. The Bertz CT molecular complexity index is 596. The van der Waals surface area contributed by atoms with Gasteiger partial charge in [0, 0.05) is 24.3 Å². The van der Waals surface area contributed by atoms with Gasteiger partial charge in [-0.1, -0.05) is 6.42 Å². The summed E-state index contributed by atoms with van der Waals surface area (Å²) in [7, 11) is 0. The fourth-order valence-electron chi connectivity index (χ4n) is 3.73. The second kappa shape index (κ2) is 8.15. The van der Waals surface area contributed by atoms with Crippen LogP contribution in [0.4, 0.5) is 10.1 Å². The molecule has 2 saturated heterocycles. The van der Waals surface area contributed by atoms with Crippen LogP contribution in [0.15, 0.2) is 18.2 Å². The van der Waals surface area contributed by atoms with Gasteiger partial charge in [-0.05, 0) is 57.4 Å². The van der Waals surface area contributed by atoms with E-state index in [9.17, 15) is 14.3 Å². The van der Waals surface area contributed by atoms with Gasteiger partial charge in [0.2, 0.25) is 5.91 Å². The maximum Gasteiger partial charge on any atom is 0.237 e. The lowest BCUT2D eigenvalue weighted by Crippen LogP contribution is -2.47. The minimum absolute atomic E-state index is 0.0172. The van der Waals surface area contributed by atoms with E-state index in [1.165, 1.54) is 12.1 Å². The van der Waals surface area contributed by atoms with Crippen molar-refractivity contribution in [3.8, 4) is 0 Å². The third-order valence-corrected chi connectivity index (χ3v) is 5.25. The van der Waals surface area contributed by atoms with Crippen LogP contribution in [0.1, 0.15) is 50.6 Å². The van der Waals surface area contributed by atoms with Crippen LogP contribution < -0.4 is 15.5 Å². The number of nitrogens with one attached hydrogen (secondary N) is 2. The highest BCUT2D eigenvalue weighted by molar-refractivity contribution is 5.82. The van der Waals surface area contributed by atoms with Gasteiger partial charge in [-0.15, -0.1) is 0 Å². The molecule has 2 heterocycles. The Kier molecular flexibility index (Phi) is 5.91. The molecule has 6 heteroatoms. The van der Waals surface area contributed by atoms with E-state index >= 15 is 0 Å². The Morgan fingerprint density at radius 1 is 1.32 bits per heavy atom. The first-order valence-corrected chi connectivity index (χ1v) is 9.31. The zero-order valence-corrected chi connectivity index (χ0v) is 14.8. The molecule has 1 aromatic carbocycles. The third kappa shape index (κ3) is 4.50. The fraction of sp³-hybridized carbons (Fsp3) is 0.632. The van der Waals surface area contributed by atoms with Crippen molar-refractivity contribution < 1.29 is 14.3 Å². The van der Waals surface area contributed by atoms with Gasteiger partial charge in [0.25, 0.3) is 0 Å². The number of amides is 1. The molecule has 1 amide bonds. The number of carbonyl (C=O) groups excluding carboxylic acids is 1. The van der Waals surface area contributed by atoms with Gasteiger partial charge in [0.1, 0.15) is 5.82 Å². The van der Waals surface area contributed by atoms with Crippen molar-refractivity contribution in [1.82, 2.24) is 10.6 Å². The summed E-state index contributed by atoms with van der Waals surface area (Å²) in [6.07, 6.45) is 4.18. The summed E-state index contributed by atoms with van der Waals surface area (Å²) < 4.78 is 13.8. The Morgan fingerprint density at radius 2 is 2.08 bits per heavy atom. The number of nitrogens with zero attached hydrogens (tertiary/aromatic N) is 1. The first-order valence-electron chi connectivity index (χ1n) is 9.31. The summed E-state index contributed by atoms with van der Waals surface area (Å²) in [4.78, 5) is 14.7. The molecule has 2 aliphatic rings. The van der Waals surface area contributed by atoms with Crippen molar-refractivity contribution in [2.24, 2.45) is 0 Å². The standard InChI is InChI=1S/C19H28FN3O2/c1-13(22-19(25)17-4-2-3-9-21-17)16-12-14(20)5-6-18(16)23-10-7-15(24)8-11-23/h5-6,12-13,15,17,21,24H,2-4,7-11H2,1H3,(H,22,25)/t13-,17-/m1/s1. The molecule has 3 rings (SSSR count). The molecule has 0 spiro atoms. The van der Waals surface area contributed by atoms with Gasteiger partial charge in [0.05, 0.1) is 18.2 Å². The van der Waals surface area contributed by atoms with E-state index in [0.29, 0.717) is 12.8 Å². The highest BCUT2D eigenvalue weighted by atomic mass is 19.1. The van der Waals surface area contributed by atoms with Crippen molar-refractivity contribution in [3.05, 3.63) is 29.6 Å². The van der Waals surface area contributed by atoms with Crippen LogP contribution in [0.5, 0.6) is 0 Å². The maximum absolute atomic E-state index is 13.8. The topological polar surface area (TPSA) is 64.6 Å². The average molecular weight is 349 g/mol. The number of benzene rings is 1. The normalized spacial score (nSPS) is 23.3. The molecule has 2 aliphatic heterocycles. The van der Waals surface area contributed by atoms with E-state index in [0.717, 1.165) is 50.1 Å². The van der Waals surface area contributed by atoms with E-state index < -0.39 is 0 Å². The summed E-state index contributed by atoms with van der Waals surface area (Å²) in [6.45, 7) is 4.25. The van der Waals surface area contributed by atoms with Crippen molar-refractivity contribution in [2.45, 2.75) is 57.2 Å². The van der Waals surface area contributed by atoms with E-state index in [2.05, 4.69) is 15.5 Å². The summed E-state index contributed by atoms with van der Waals surface area (Å²) in [6, 6.07) is 4.33. The number of aliphatic hydroxyl groups excluding tert-OH is 1. The summed E-state index contributed by atoms with van der Waals surface area (Å²) in [5.74, 6) is -0.316. The minimum Gasteiger partial charge on any atom is -0.393 e. The summed E-state index contributed by atoms with van der Waals surface area (Å²) in [5.41, 5.74) is 1.73. The van der Waals surface area contributed by atoms with Gasteiger partial charge < -0.3 is 20.6 Å². The molecule has 138 valence electrons. The van der Waals surface area contributed by atoms with E-state index in [1.807, 2.05) is 6.92 Å². The third-order valence-electron chi connectivity index (χ3n) is 5.25. The molecule has 1 aromatic rings. The predicted molar refractivity (Wildman–Crippen MR) is 96.1 cm³/mol. The van der Waals surface area contributed by atoms with E-state index in [4.69, 9.17) is 0 Å². The molecule has 0 aliphatic carbocycles. The molecule has 0 saturated carbocycles. The average Bonchev–Trinajstić information content (AvgIpc) is 2.63. The quantitative estimate of drug-likeness (QED) is 0.779. The zero-order valence-electron chi connectivity index (χ0n) is 14.8. The van der Waals surface area contributed by atoms with Crippen LogP contribution in [0, 0.1) is 5.82 Å². The van der Waals surface area contributed by atoms with Crippen LogP contribution in [0.25, 0.3) is 0 Å². The lowest BCUT2D eigenvalue weighted by molar-refractivity contribution is -0.124. The molecular formula is C19H28FN3O2. The number of piperidine rings is 2. The number of rotatable bonds is 4. The van der Waals surface area contributed by atoms with Gasteiger partial charge in [-0.3, -0.25) is 4.79 Å². The first-order chi connectivity index (χ1) is 12.0. The minimum atomic E-state index is -0.298. The van der Waals surface area contributed by atoms with Gasteiger partial charge in [0.15, 0.2) is 0 Å². The number of carbonyl (C=O) groups is 1. The molecule has 2 atom stereocenters. The van der Waals surface area contributed by atoms with Crippen molar-refractivity contribution in [2.75, 3.05) is 24.5 Å². The summed E-state index contributed by atoms with van der Waals surface area (Å²) in [5, 5.41) is 16.0. The predicted octanol–water partition coefficient (Wildman–Crippen LogP) is 2.11. The second-order valence-corrected chi connectivity index (χ2v) is 7.15. The van der Waals surface area contributed by atoms with Crippen LogP contribution in [-0.4, -0.2) is 42.8 Å². The number of aliphatic hydroxyl groups is 1. The highest BCUT2D eigenvalue weighted by Gasteiger charge is 2.25. The summed E-state index contributed by atoms with van der Waals surface area (Å²) >= 11 is 0. The van der Waals surface area contributed by atoms with Gasteiger partial charge in [-0.2, -0.15) is 0 Å². The monoisotopic (exact) mass is 349 g/mol. The molecule has 3 N–H and O–H groups in total. The van der Waals surface area contributed by atoms with Crippen LogP contribution in [0.3, 0.4) is 0 Å². The number of hydrogen-bond acceptors (Lipinski definition) is 4. The maximum atomic E-state index is 13.8. The second-order valence-electron chi connectivity index (χ2n) is 7.15. The van der Waals surface area contributed by atoms with E-state index in [-0.39, 0.29) is 29.9 Å². The Morgan fingerprint density at radius 3 is 2.76 bits per heavy atom. The largest absolute Gasteiger partial charge is 0.393 e. The molecule has 0 radical (unpaired) electrons. The Labute approximate surface area is 148 Å². The van der Waals surface area contributed by atoms with E-state index in [1.54, 1.807) is 6.07 Å². The van der Waals surface area contributed by atoms with Crippen molar-refractivity contribution >= 4 is 11.6 Å². The smallest absolute Gasteiger partial charge is 0.237 e. The van der Waals surface area contributed by atoms with Crippen molar-refractivity contribution in [1.29, 1.82) is 0 Å². The molecule has 5 nitrogen and oxygen atoms in total. The van der Waals surface area contributed by atoms with Crippen LogP contribution in [-0.2, 0) is 4.79 Å². The van der Waals surface area contributed by atoms with Gasteiger partial charge >= 0.3 is 0 Å². The SMILES string of the molecule is C[C@@H](NC(=O)[C@H]1CCCCN1)c1cc(F)ccc1N1CCC(O)CC1. The van der Waals surface area contributed by atoms with Crippen LogP contribution in [0.2, 0.25) is 0 Å². The Hall–Kier alpha value is -1.66. The number of halogens is 1. The molecule has 25 heavy (non-hydrogen) atoms. The Balaban J connectivity index is 1.73. The van der Waals surface area contributed by atoms with Gasteiger partial charge in [-0.25, -0.2) is 4.39 Å². The number of hydrogen-bond donors (Lipinski definition) is 3. The van der Waals surface area contributed by atoms with Crippen molar-refractivity contribution in [3.63, 3.8) is 0 Å². The highest BCUT2D eigenvalue weighted by Crippen LogP contribution is 2.30. The first kappa shape index (κ1) is 18.1.